The molecule has 0 bridgehead atoms. The maximum Gasteiger partial charge on any atom is 0.338 e. The van der Waals surface area contributed by atoms with Crippen LogP contribution >= 0.6 is 27.3 Å². The van der Waals surface area contributed by atoms with E-state index >= 15 is 0 Å². The summed E-state index contributed by atoms with van der Waals surface area (Å²) in [6.07, 6.45) is 1.74. The molecule has 0 amide bonds. The summed E-state index contributed by atoms with van der Waals surface area (Å²) in [4.78, 5) is 32.5. The predicted octanol–water partition coefficient (Wildman–Crippen LogP) is 5.42. The third-order valence-corrected chi connectivity index (χ3v) is 8.49. The summed E-state index contributed by atoms with van der Waals surface area (Å²) in [6.45, 7) is 6.31. The summed E-state index contributed by atoms with van der Waals surface area (Å²) in [5.74, 6) is 1.08. The van der Waals surface area contributed by atoms with Gasteiger partial charge in [-0.2, -0.15) is 5.26 Å². The molecule has 230 valence electrons. The molecule has 3 aromatic carbocycles. The van der Waals surface area contributed by atoms with Gasteiger partial charge in [-0.3, -0.25) is 9.36 Å². The SMILES string of the molecule is CCOC(=O)C1=C(C)N=c2s/c(=C\c3cc(Br)cc(OC)c3OCc3ccc(C#N)cc3)c(=O)n2[C@@H]1c1ccc(OCC)cc1. The van der Waals surface area contributed by atoms with Crippen molar-refractivity contribution in [2.24, 2.45) is 4.99 Å². The first-order chi connectivity index (χ1) is 21.8. The third-order valence-electron chi connectivity index (χ3n) is 7.04. The van der Waals surface area contributed by atoms with Crippen LogP contribution in [0.25, 0.3) is 6.08 Å². The molecule has 0 radical (unpaired) electrons. The minimum absolute atomic E-state index is 0.187. The molecule has 4 aromatic rings. The summed E-state index contributed by atoms with van der Waals surface area (Å²) in [5, 5.41) is 9.11. The summed E-state index contributed by atoms with van der Waals surface area (Å²) in [6, 6.07) is 19.4. The molecule has 0 unspecified atom stereocenters. The van der Waals surface area contributed by atoms with Gasteiger partial charge in [0.2, 0.25) is 0 Å². The number of methoxy groups -OCH3 is 1. The van der Waals surface area contributed by atoms with Gasteiger partial charge in [0.1, 0.15) is 12.4 Å². The largest absolute Gasteiger partial charge is 0.494 e. The van der Waals surface area contributed by atoms with E-state index in [1.165, 1.54) is 15.9 Å². The van der Waals surface area contributed by atoms with E-state index in [0.717, 1.165) is 15.6 Å². The van der Waals surface area contributed by atoms with Crippen molar-refractivity contribution in [3.05, 3.63) is 118 Å². The third kappa shape index (κ3) is 6.72. The Kier molecular flexibility index (Phi) is 9.86. The average molecular weight is 689 g/mol. The minimum Gasteiger partial charge on any atom is -0.494 e. The highest BCUT2D eigenvalue weighted by Crippen LogP contribution is 2.36. The molecule has 0 saturated heterocycles. The Hall–Kier alpha value is -4.66. The molecule has 1 aliphatic heterocycles. The van der Waals surface area contributed by atoms with E-state index in [1.54, 1.807) is 45.2 Å². The zero-order chi connectivity index (χ0) is 32.1. The number of allylic oxidation sites excluding steroid dienone is 1. The van der Waals surface area contributed by atoms with E-state index in [4.69, 9.17) is 24.2 Å². The first kappa shape index (κ1) is 31.8. The number of thiazole rings is 1. The molecule has 1 atom stereocenters. The molecule has 1 aliphatic rings. The van der Waals surface area contributed by atoms with Gasteiger partial charge in [-0.25, -0.2) is 9.79 Å². The number of hydrogen-bond acceptors (Lipinski definition) is 9. The number of nitrogens with zero attached hydrogens (tertiary/aromatic N) is 3. The molecule has 0 spiro atoms. The fourth-order valence-electron chi connectivity index (χ4n) is 4.99. The minimum atomic E-state index is -0.748. The van der Waals surface area contributed by atoms with Crippen molar-refractivity contribution >= 4 is 39.3 Å². The van der Waals surface area contributed by atoms with Gasteiger partial charge in [-0.15, -0.1) is 0 Å². The molecule has 45 heavy (non-hydrogen) atoms. The number of rotatable bonds is 10. The van der Waals surface area contributed by atoms with Gasteiger partial charge in [-0.1, -0.05) is 51.5 Å². The standard InChI is InChI=1S/C34H30BrN3O6S/c1-5-42-26-13-11-23(12-14-26)30-29(33(40)43-6-2)20(3)37-34-38(30)32(39)28(45-34)16-24-15-25(35)17-27(41-4)31(24)44-19-22-9-7-21(18-36)8-10-22/h7-17,30H,5-6,19H2,1-4H3/b28-16-/t30-/m1/s1. The topological polar surface area (TPSA) is 112 Å². The van der Waals surface area contributed by atoms with Crippen molar-refractivity contribution in [2.45, 2.75) is 33.4 Å². The lowest BCUT2D eigenvalue weighted by atomic mass is 9.96. The van der Waals surface area contributed by atoms with E-state index < -0.39 is 12.0 Å². The Morgan fingerprint density at radius 3 is 2.47 bits per heavy atom. The highest BCUT2D eigenvalue weighted by Gasteiger charge is 2.33. The quantitative estimate of drug-likeness (QED) is 0.205. The fraction of sp³-hybridized carbons (Fsp3) is 0.235. The van der Waals surface area contributed by atoms with Crippen LogP contribution in [-0.2, 0) is 16.1 Å². The molecular weight excluding hydrogens is 658 g/mol. The summed E-state index contributed by atoms with van der Waals surface area (Å²) in [5.41, 5.74) is 3.22. The second kappa shape index (κ2) is 14.0. The number of carbonyl (C=O) groups excluding carboxylic acids is 1. The van der Waals surface area contributed by atoms with Gasteiger partial charge in [0.25, 0.3) is 5.56 Å². The number of esters is 1. The van der Waals surface area contributed by atoms with Crippen molar-refractivity contribution in [2.75, 3.05) is 20.3 Å². The number of carbonyl (C=O) groups is 1. The van der Waals surface area contributed by atoms with Gasteiger partial charge >= 0.3 is 5.97 Å². The average Bonchev–Trinajstić information content (AvgIpc) is 3.34. The van der Waals surface area contributed by atoms with Crippen LogP contribution in [0.3, 0.4) is 0 Å². The highest BCUT2D eigenvalue weighted by molar-refractivity contribution is 9.10. The Bertz CT molecular complexity index is 1990. The molecule has 11 heteroatoms. The Morgan fingerprint density at radius 2 is 1.82 bits per heavy atom. The van der Waals surface area contributed by atoms with Gasteiger partial charge in [0.05, 0.1) is 53.8 Å². The normalized spacial score (nSPS) is 14.3. The van der Waals surface area contributed by atoms with Crippen LogP contribution in [0.1, 0.15) is 49.1 Å². The van der Waals surface area contributed by atoms with E-state index in [1.807, 2.05) is 49.4 Å². The lowest BCUT2D eigenvalue weighted by Gasteiger charge is -2.24. The first-order valence-electron chi connectivity index (χ1n) is 14.2. The van der Waals surface area contributed by atoms with E-state index in [9.17, 15) is 9.59 Å². The van der Waals surface area contributed by atoms with Crippen LogP contribution in [0.4, 0.5) is 0 Å². The van der Waals surface area contributed by atoms with Crippen LogP contribution in [0, 0.1) is 11.3 Å². The van der Waals surface area contributed by atoms with Crippen LogP contribution in [0.15, 0.2) is 86.2 Å². The second-order valence-corrected chi connectivity index (χ2v) is 11.9. The number of halogens is 1. The second-order valence-electron chi connectivity index (χ2n) is 9.93. The number of fused-ring (bicyclic) bond motifs is 1. The zero-order valence-corrected chi connectivity index (χ0v) is 27.5. The number of benzene rings is 3. The van der Waals surface area contributed by atoms with Gasteiger partial charge in [-0.05, 0) is 74.4 Å². The predicted molar refractivity (Wildman–Crippen MR) is 174 cm³/mol. The molecule has 9 nitrogen and oxygen atoms in total. The fourth-order valence-corrected chi connectivity index (χ4v) is 6.49. The molecule has 0 saturated carbocycles. The van der Waals surface area contributed by atoms with Crippen LogP contribution in [0.5, 0.6) is 17.2 Å². The Balaban J connectivity index is 1.63. The van der Waals surface area contributed by atoms with Crippen molar-refractivity contribution < 1.29 is 23.7 Å². The summed E-state index contributed by atoms with van der Waals surface area (Å²) in [7, 11) is 1.55. The molecule has 1 aromatic heterocycles. The first-order valence-corrected chi connectivity index (χ1v) is 15.8. The molecule has 0 fully saturated rings. The van der Waals surface area contributed by atoms with Gasteiger partial charge in [0, 0.05) is 10.0 Å². The number of aromatic nitrogens is 1. The van der Waals surface area contributed by atoms with Crippen LogP contribution < -0.4 is 29.1 Å². The number of hydrogen-bond donors (Lipinski definition) is 0. The van der Waals surface area contributed by atoms with Crippen LogP contribution in [0.2, 0.25) is 0 Å². The number of ether oxygens (including phenoxy) is 4. The Labute approximate surface area is 272 Å². The number of nitriles is 1. The smallest absolute Gasteiger partial charge is 0.338 e. The van der Waals surface area contributed by atoms with Crippen molar-refractivity contribution in [3.8, 4) is 23.3 Å². The van der Waals surface area contributed by atoms with Crippen molar-refractivity contribution in [1.82, 2.24) is 4.57 Å². The van der Waals surface area contributed by atoms with Gasteiger partial charge < -0.3 is 18.9 Å². The molecule has 0 aliphatic carbocycles. The molecule has 2 heterocycles. The van der Waals surface area contributed by atoms with E-state index in [0.29, 0.717) is 55.6 Å². The van der Waals surface area contributed by atoms with Crippen LogP contribution in [-0.4, -0.2) is 30.9 Å². The summed E-state index contributed by atoms with van der Waals surface area (Å²) >= 11 is 4.76. The summed E-state index contributed by atoms with van der Waals surface area (Å²) < 4.78 is 25.5. The van der Waals surface area contributed by atoms with E-state index in [-0.39, 0.29) is 18.8 Å². The van der Waals surface area contributed by atoms with Crippen molar-refractivity contribution in [3.63, 3.8) is 0 Å². The van der Waals surface area contributed by atoms with Crippen molar-refractivity contribution in [1.29, 1.82) is 5.26 Å². The molecule has 5 rings (SSSR count). The maximum atomic E-state index is 14.2. The Morgan fingerprint density at radius 1 is 1.09 bits per heavy atom. The van der Waals surface area contributed by atoms with E-state index in [2.05, 4.69) is 27.0 Å². The highest BCUT2D eigenvalue weighted by atomic mass is 79.9. The zero-order valence-electron chi connectivity index (χ0n) is 25.1. The van der Waals surface area contributed by atoms with Gasteiger partial charge in [0.15, 0.2) is 16.3 Å². The monoisotopic (exact) mass is 687 g/mol. The lowest BCUT2D eigenvalue weighted by Crippen LogP contribution is -2.39. The lowest BCUT2D eigenvalue weighted by molar-refractivity contribution is -0.139. The molecular formula is C34H30BrN3O6S. The molecule has 0 N–H and O–H groups in total. The maximum absolute atomic E-state index is 14.2.